The molecule has 0 radical (unpaired) electrons. The lowest BCUT2D eigenvalue weighted by Gasteiger charge is -2.34. The summed E-state index contributed by atoms with van der Waals surface area (Å²) in [6, 6.07) is 47.6. The third-order valence-electron chi connectivity index (χ3n) is 9.09. The van der Waals surface area contributed by atoms with Crippen LogP contribution >= 0.6 is 15.9 Å². The van der Waals surface area contributed by atoms with Gasteiger partial charge in [0, 0.05) is 10.0 Å². The maximum atomic E-state index is 3.98. The van der Waals surface area contributed by atoms with Gasteiger partial charge >= 0.3 is 0 Å². The first-order valence-electron chi connectivity index (χ1n) is 14.6. The Morgan fingerprint density at radius 2 is 1.02 bits per heavy atom. The van der Waals surface area contributed by atoms with Gasteiger partial charge in [-0.15, -0.1) is 0 Å². The van der Waals surface area contributed by atoms with E-state index in [1.165, 1.54) is 77.9 Å². The Kier molecular flexibility index (Phi) is 6.52. The summed E-state index contributed by atoms with van der Waals surface area (Å²) in [6.45, 7) is 8.73. The first-order chi connectivity index (χ1) is 20.4. The van der Waals surface area contributed by atoms with E-state index < -0.39 is 5.41 Å². The minimum atomic E-state index is -0.409. The molecule has 0 spiro atoms. The molecule has 1 aliphatic rings. The fourth-order valence-electron chi connectivity index (χ4n) is 6.88. The highest BCUT2D eigenvalue weighted by molar-refractivity contribution is 9.10. The zero-order chi connectivity index (χ0) is 29.0. The topological polar surface area (TPSA) is 0 Å². The molecule has 7 rings (SSSR count). The Labute approximate surface area is 257 Å². The third-order valence-corrected chi connectivity index (χ3v) is 9.75. The van der Waals surface area contributed by atoms with Gasteiger partial charge in [0.15, 0.2) is 0 Å². The molecule has 0 unspecified atom stereocenters. The predicted octanol–water partition coefficient (Wildman–Crippen LogP) is 11.4. The Morgan fingerprint density at radius 3 is 1.67 bits per heavy atom. The van der Waals surface area contributed by atoms with Crippen LogP contribution in [0.4, 0.5) is 0 Å². The summed E-state index contributed by atoms with van der Waals surface area (Å²) < 4.78 is 1.13. The highest BCUT2D eigenvalue weighted by Gasteiger charge is 2.46. The minimum absolute atomic E-state index is 0.409. The van der Waals surface area contributed by atoms with Gasteiger partial charge in [-0.05, 0) is 107 Å². The molecule has 0 saturated carbocycles. The molecule has 0 amide bonds. The summed E-state index contributed by atoms with van der Waals surface area (Å²) >= 11 is 3.98. The zero-order valence-corrected chi connectivity index (χ0v) is 26.1. The van der Waals surface area contributed by atoms with E-state index in [1.807, 2.05) is 0 Å². The van der Waals surface area contributed by atoms with Crippen LogP contribution in [-0.2, 0) is 5.41 Å². The van der Waals surface area contributed by atoms with Crippen molar-refractivity contribution in [1.82, 2.24) is 0 Å². The largest absolute Gasteiger partial charge is 0.0713 e. The number of hydrogen-bond donors (Lipinski definition) is 0. The first kappa shape index (κ1) is 26.7. The van der Waals surface area contributed by atoms with Gasteiger partial charge in [-0.25, -0.2) is 0 Å². The molecule has 42 heavy (non-hydrogen) atoms. The molecule has 0 N–H and O–H groups in total. The van der Waals surface area contributed by atoms with Crippen molar-refractivity contribution in [2.24, 2.45) is 0 Å². The van der Waals surface area contributed by atoms with Crippen LogP contribution < -0.4 is 0 Å². The Bertz CT molecular complexity index is 1910. The number of aryl methyl sites for hydroxylation is 4. The molecule has 0 aliphatic heterocycles. The summed E-state index contributed by atoms with van der Waals surface area (Å²) in [7, 11) is 0. The van der Waals surface area contributed by atoms with E-state index in [-0.39, 0.29) is 0 Å². The second-order valence-corrected chi connectivity index (χ2v) is 12.6. The standard InChI is InChI=1S/C41H33Br/c1-26-12-19-32(20-13-26)41(33-21-14-27(2)15-22-33)37-23-18-31(25-36(37)40-38(41)10-7-11-39(40)42)30-17-16-29(4)35(24-30)34-9-6-5-8-28(34)3/h5-25H,1-4H3. The van der Waals surface area contributed by atoms with Gasteiger partial charge in [0.2, 0.25) is 0 Å². The van der Waals surface area contributed by atoms with Crippen molar-refractivity contribution in [2.45, 2.75) is 33.1 Å². The Morgan fingerprint density at radius 1 is 0.452 bits per heavy atom. The van der Waals surface area contributed by atoms with Crippen LogP contribution in [0.5, 0.6) is 0 Å². The Hall–Kier alpha value is -4.20. The summed E-state index contributed by atoms with van der Waals surface area (Å²) in [6.07, 6.45) is 0. The molecule has 0 fully saturated rings. The highest BCUT2D eigenvalue weighted by Crippen LogP contribution is 2.58. The van der Waals surface area contributed by atoms with E-state index in [2.05, 4.69) is 171 Å². The van der Waals surface area contributed by atoms with Crippen LogP contribution in [0, 0.1) is 27.7 Å². The summed E-state index contributed by atoms with van der Waals surface area (Å²) in [4.78, 5) is 0. The summed E-state index contributed by atoms with van der Waals surface area (Å²) in [5.74, 6) is 0. The highest BCUT2D eigenvalue weighted by atomic mass is 79.9. The molecule has 6 aromatic rings. The van der Waals surface area contributed by atoms with Gasteiger partial charge in [-0.1, -0.05) is 136 Å². The quantitative estimate of drug-likeness (QED) is 0.187. The fraction of sp³-hybridized carbons (Fsp3) is 0.122. The average Bonchev–Trinajstić information content (AvgIpc) is 3.30. The molecular formula is C41H33Br. The lowest BCUT2D eigenvalue weighted by Crippen LogP contribution is -2.28. The monoisotopic (exact) mass is 604 g/mol. The van der Waals surface area contributed by atoms with Crippen LogP contribution in [0.2, 0.25) is 0 Å². The van der Waals surface area contributed by atoms with Crippen molar-refractivity contribution in [3.63, 3.8) is 0 Å². The van der Waals surface area contributed by atoms with Crippen LogP contribution in [0.25, 0.3) is 33.4 Å². The molecule has 1 aliphatic carbocycles. The number of fused-ring (bicyclic) bond motifs is 3. The molecule has 0 atom stereocenters. The second-order valence-electron chi connectivity index (χ2n) is 11.7. The summed E-state index contributed by atoms with van der Waals surface area (Å²) in [5, 5.41) is 0. The van der Waals surface area contributed by atoms with Gasteiger partial charge in [0.1, 0.15) is 0 Å². The van der Waals surface area contributed by atoms with E-state index in [0.717, 1.165) is 4.47 Å². The third kappa shape index (κ3) is 4.10. The van der Waals surface area contributed by atoms with Crippen molar-refractivity contribution in [2.75, 3.05) is 0 Å². The summed E-state index contributed by atoms with van der Waals surface area (Å²) in [5.41, 5.74) is 17.6. The van der Waals surface area contributed by atoms with Gasteiger partial charge in [-0.2, -0.15) is 0 Å². The SMILES string of the molecule is Cc1ccc(C2(c3ccc(C)cc3)c3ccc(-c4ccc(C)c(-c5ccccc5C)c4)cc3-c3c(Br)cccc32)cc1. The van der Waals surface area contributed by atoms with Crippen molar-refractivity contribution in [1.29, 1.82) is 0 Å². The predicted molar refractivity (Wildman–Crippen MR) is 181 cm³/mol. The van der Waals surface area contributed by atoms with E-state index in [1.54, 1.807) is 0 Å². The molecule has 0 aromatic heterocycles. The van der Waals surface area contributed by atoms with E-state index >= 15 is 0 Å². The molecule has 204 valence electrons. The maximum Gasteiger partial charge on any atom is 0.0713 e. The molecule has 6 aromatic carbocycles. The van der Waals surface area contributed by atoms with Crippen molar-refractivity contribution < 1.29 is 0 Å². The molecule has 0 bridgehead atoms. The van der Waals surface area contributed by atoms with E-state index in [0.29, 0.717) is 0 Å². The van der Waals surface area contributed by atoms with Crippen molar-refractivity contribution in [3.8, 4) is 33.4 Å². The van der Waals surface area contributed by atoms with Gasteiger partial charge in [0.25, 0.3) is 0 Å². The minimum Gasteiger partial charge on any atom is -0.0620 e. The van der Waals surface area contributed by atoms with Crippen LogP contribution in [0.15, 0.2) is 132 Å². The number of benzene rings is 6. The van der Waals surface area contributed by atoms with Crippen molar-refractivity contribution >= 4 is 15.9 Å². The lowest BCUT2D eigenvalue weighted by molar-refractivity contribution is 0.767. The Balaban J connectivity index is 1.50. The number of hydrogen-bond acceptors (Lipinski definition) is 0. The van der Waals surface area contributed by atoms with Gasteiger partial charge in [0.05, 0.1) is 5.41 Å². The molecule has 0 nitrogen and oxygen atoms in total. The van der Waals surface area contributed by atoms with E-state index in [9.17, 15) is 0 Å². The van der Waals surface area contributed by atoms with Crippen LogP contribution in [-0.4, -0.2) is 0 Å². The van der Waals surface area contributed by atoms with E-state index in [4.69, 9.17) is 0 Å². The fourth-order valence-corrected chi connectivity index (χ4v) is 7.46. The normalized spacial score (nSPS) is 13.1. The molecule has 1 heteroatoms. The molecular weight excluding hydrogens is 572 g/mol. The smallest absolute Gasteiger partial charge is 0.0620 e. The zero-order valence-electron chi connectivity index (χ0n) is 24.5. The lowest BCUT2D eigenvalue weighted by atomic mass is 9.67. The first-order valence-corrected chi connectivity index (χ1v) is 15.4. The number of rotatable bonds is 4. The number of halogens is 1. The van der Waals surface area contributed by atoms with Crippen LogP contribution in [0.1, 0.15) is 44.5 Å². The van der Waals surface area contributed by atoms with Crippen molar-refractivity contribution in [3.05, 3.63) is 176 Å². The van der Waals surface area contributed by atoms with Gasteiger partial charge in [-0.3, -0.25) is 0 Å². The van der Waals surface area contributed by atoms with Crippen LogP contribution in [0.3, 0.4) is 0 Å². The molecule has 0 saturated heterocycles. The molecule has 0 heterocycles. The second kappa shape index (κ2) is 10.3. The average molecular weight is 606 g/mol. The maximum absolute atomic E-state index is 3.98. The van der Waals surface area contributed by atoms with Gasteiger partial charge < -0.3 is 0 Å².